The maximum absolute atomic E-state index is 13.5. The minimum Gasteiger partial charge on any atom is -0.351 e. The standard InChI is InChI=1S/C14H19ClFNO3/c1-3-19-14(20-4-2)9-17-13(18)8-10-11(15)6-5-7-12(10)16/h5-7,14H,3-4,8-9H2,1-2H3,(H,17,18). The van der Waals surface area contributed by atoms with Crippen LogP contribution >= 0.6 is 11.6 Å². The summed E-state index contributed by atoms with van der Waals surface area (Å²) in [7, 11) is 0. The van der Waals surface area contributed by atoms with E-state index in [4.69, 9.17) is 21.1 Å². The number of ether oxygens (including phenoxy) is 2. The topological polar surface area (TPSA) is 47.6 Å². The van der Waals surface area contributed by atoms with Crippen molar-refractivity contribution in [3.63, 3.8) is 0 Å². The van der Waals surface area contributed by atoms with Crippen LogP contribution in [0.15, 0.2) is 18.2 Å². The summed E-state index contributed by atoms with van der Waals surface area (Å²) in [6.45, 7) is 4.87. The third-order valence-electron chi connectivity index (χ3n) is 2.57. The fourth-order valence-electron chi connectivity index (χ4n) is 1.66. The fraction of sp³-hybridized carbons (Fsp3) is 0.500. The molecule has 0 aliphatic rings. The van der Waals surface area contributed by atoms with Crippen molar-refractivity contribution in [2.75, 3.05) is 19.8 Å². The molecule has 1 aromatic carbocycles. The molecular weight excluding hydrogens is 285 g/mol. The van der Waals surface area contributed by atoms with E-state index >= 15 is 0 Å². The van der Waals surface area contributed by atoms with Gasteiger partial charge in [-0.05, 0) is 26.0 Å². The lowest BCUT2D eigenvalue weighted by Crippen LogP contribution is -2.36. The van der Waals surface area contributed by atoms with Crippen LogP contribution in [0, 0.1) is 5.82 Å². The maximum atomic E-state index is 13.5. The third-order valence-corrected chi connectivity index (χ3v) is 2.92. The van der Waals surface area contributed by atoms with Gasteiger partial charge in [-0.15, -0.1) is 0 Å². The number of hydrogen-bond acceptors (Lipinski definition) is 3. The second kappa shape index (κ2) is 8.89. The fourth-order valence-corrected chi connectivity index (χ4v) is 1.89. The highest BCUT2D eigenvalue weighted by Crippen LogP contribution is 2.19. The van der Waals surface area contributed by atoms with Crippen molar-refractivity contribution in [1.82, 2.24) is 5.32 Å². The van der Waals surface area contributed by atoms with E-state index in [1.165, 1.54) is 12.1 Å². The smallest absolute Gasteiger partial charge is 0.224 e. The minimum atomic E-state index is -0.495. The summed E-state index contributed by atoms with van der Waals surface area (Å²) in [4.78, 5) is 11.8. The number of carbonyl (C=O) groups excluding carboxylic acids is 1. The van der Waals surface area contributed by atoms with Crippen LogP contribution in [0.4, 0.5) is 4.39 Å². The molecule has 0 aliphatic carbocycles. The van der Waals surface area contributed by atoms with Crippen molar-refractivity contribution in [1.29, 1.82) is 0 Å². The first kappa shape index (κ1) is 16.9. The molecular formula is C14H19ClFNO3. The highest BCUT2D eigenvalue weighted by atomic mass is 35.5. The third kappa shape index (κ3) is 5.45. The Morgan fingerprint density at radius 1 is 1.35 bits per heavy atom. The first-order valence-corrected chi connectivity index (χ1v) is 6.89. The molecule has 0 fully saturated rings. The van der Waals surface area contributed by atoms with Gasteiger partial charge in [0.25, 0.3) is 0 Å². The molecule has 1 aromatic rings. The summed E-state index contributed by atoms with van der Waals surface area (Å²) in [5.74, 6) is -0.819. The summed E-state index contributed by atoms with van der Waals surface area (Å²) in [6.07, 6.45) is -0.610. The van der Waals surface area contributed by atoms with Crippen LogP contribution in [-0.4, -0.2) is 32.0 Å². The zero-order valence-corrected chi connectivity index (χ0v) is 12.4. The van der Waals surface area contributed by atoms with E-state index < -0.39 is 12.1 Å². The highest BCUT2D eigenvalue weighted by molar-refractivity contribution is 6.31. The number of halogens is 2. The molecule has 0 heterocycles. The normalized spacial score (nSPS) is 10.8. The number of carbonyl (C=O) groups is 1. The molecule has 0 radical (unpaired) electrons. The Kier molecular flexibility index (Phi) is 7.51. The average Bonchev–Trinajstić information content (AvgIpc) is 2.41. The second-order valence-corrected chi connectivity index (χ2v) is 4.43. The van der Waals surface area contributed by atoms with Gasteiger partial charge in [0.15, 0.2) is 6.29 Å². The Bertz CT molecular complexity index is 416. The lowest BCUT2D eigenvalue weighted by atomic mass is 10.1. The van der Waals surface area contributed by atoms with Crippen LogP contribution < -0.4 is 5.32 Å². The summed E-state index contributed by atoms with van der Waals surface area (Å²) >= 11 is 5.87. The summed E-state index contributed by atoms with van der Waals surface area (Å²) in [5.41, 5.74) is 0.191. The van der Waals surface area contributed by atoms with E-state index in [9.17, 15) is 9.18 Å². The van der Waals surface area contributed by atoms with Crippen molar-refractivity contribution >= 4 is 17.5 Å². The molecule has 0 aromatic heterocycles. The van der Waals surface area contributed by atoms with Gasteiger partial charge in [-0.1, -0.05) is 17.7 Å². The second-order valence-electron chi connectivity index (χ2n) is 4.02. The van der Waals surface area contributed by atoms with Gasteiger partial charge in [0.2, 0.25) is 5.91 Å². The molecule has 0 spiro atoms. The molecule has 0 bridgehead atoms. The Morgan fingerprint density at radius 2 is 2.00 bits per heavy atom. The molecule has 1 rings (SSSR count). The first-order valence-electron chi connectivity index (χ1n) is 6.51. The van der Waals surface area contributed by atoms with Gasteiger partial charge >= 0.3 is 0 Å². The van der Waals surface area contributed by atoms with Gasteiger partial charge in [-0.25, -0.2) is 4.39 Å². The highest BCUT2D eigenvalue weighted by Gasteiger charge is 2.14. The number of amides is 1. The monoisotopic (exact) mass is 303 g/mol. The number of rotatable bonds is 8. The molecule has 112 valence electrons. The number of nitrogens with one attached hydrogen (secondary N) is 1. The van der Waals surface area contributed by atoms with E-state index in [0.29, 0.717) is 13.2 Å². The van der Waals surface area contributed by atoms with Gasteiger partial charge in [-0.3, -0.25) is 4.79 Å². The van der Waals surface area contributed by atoms with Crippen LogP contribution in [0.1, 0.15) is 19.4 Å². The largest absolute Gasteiger partial charge is 0.351 e. The number of hydrogen-bond donors (Lipinski definition) is 1. The van der Waals surface area contributed by atoms with E-state index in [1.807, 2.05) is 13.8 Å². The predicted octanol–water partition coefficient (Wildman–Crippen LogP) is 2.54. The van der Waals surface area contributed by atoms with Gasteiger partial charge in [0, 0.05) is 23.8 Å². The van der Waals surface area contributed by atoms with Gasteiger partial charge in [0.05, 0.1) is 13.0 Å². The van der Waals surface area contributed by atoms with Crippen LogP contribution in [0.25, 0.3) is 0 Å². The molecule has 1 N–H and O–H groups in total. The lowest BCUT2D eigenvalue weighted by Gasteiger charge is -2.17. The first-order chi connectivity index (χ1) is 9.58. The molecule has 1 amide bonds. The van der Waals surface area contributed by atoms with Crippen molar-refractivity contribution in [3.8, 4) is 0 Å². The van der Waals surface area contributed by atoms with Gasteiger partial charge < -0.3 is 14.8 Å². The van der Waals surface area contributed by atoms with E-state index in [1.54, 1.807) is 6.07 Å². The van der Waals surface area contributed by atoms with E-state index in [2.05, 4.69) is 5.32 Å². The quantitative estimate of drug-likeness (QED) is 0.751. The SMILES string of the molecule is CCOC(CNC(=O)Cc1c(F)cccc1Cl)OCC. The molecule has 0 saturated carbocycles. The summed E-state index contributed by atoms with van der Waals surface area (Å²) in [5, 5.41) is 2.88. The Balaban J connectivity index is 2.51. The number of benzene rings is 1. The van der Waals surface area contributed by atoms with Crippen molar-refractivity contribution in [3.05, 3.63) is 34.6 Å². The average molecular weight is 304 g/mol. The summed E-state index contributed by atoms with van der Waals surface area (Å²) < 4.78 is 24.1. The maximum Gasteiger partial charge on any atom is 0.224 e. The van der Waals surface area contributed by atoms with Crippen LogP contribution in [0.3, 0.4) is 0 Å². The molecule has 0 unspecified atom stereocenters. The van der Waals surface area contributed by atoms with Crippen molar-refractivity contribution in [2.45, 2.75) is 26.6 Å². The Labute approximate surface area is 123 Å². The van der Waals surface area contributed by atoms with E-state index in [-0.39, 0.29) is 29.5 Å². The van der Waals surface area contributed by atoms with Crippen LogP contribution in [0.5, 0.6) is 0 Å². The Hall–Kier alpha value is -1.17. The van der Waals surface area contributed by atoms with Crippen molar-refractivity contribution < 1.29 is 18.7 Å². The van der Waals surface area contributed by atoms with Crippen molar-refractivity contribution in [2.24, 2.45) is 0 Å². The molecule has 0 atom stereocenters. The van der Waals surface area contributed by atoms with Crippen LogP contribution in [-0.2, 0) is 20.7 Å². The molecule has 20 heavy (non-hydrogen) atoms. The minimum absolute atomic E-state index is 0.115. The van der Waals surface area contributed by atoms with Gasteiger partial charge in [-0.2, -0.15) is 0 Å². The summed E-state index contributed by atoms with van der Waals surface area (Å²) in [6, 6.07) is 4.33. The lowest BCUT2D eigenvalue weighted by molar-refractivity contribution is -0.140. The molecule has 6 heteroatoms. The zero-order valence-electron chi connectivity index (χ0n) is 11.6. The van der Waals surface area contributed by atoms with E-state index in [0.717, 1.165) is 0 Å². The predicted molar refractivity (Wildman–Crippen MR) is 75.2 cm³/mol. The molecule has 0 aliphatic heterocycles. The molecule has 0 saturated heterocycles. The zero-order chi connectivity index (χ0) is 15.0. The Morgan fingerprint density at radius 3 is 2.55 bits per heavy atom. The van der Waals surface area contributed by atoms with Gasteiger partial charge in [0.1, 0.15) is 5.82 Å². The molecule has 4 nitrogen and oxygen atoms in total. The van der Waals surface area contributed by atoms with Crippen LogP contribution in [0.2, 0.25) is 5.02 Å².